The normalized spacial score (nSPS) is 10.7. The Bertz CT molecular complexity index is 802. The van der Waals surface area contributed by atoms with E-state index in [0.717, 1.165) is 0 Å². The van der Waals surface area contributed by atoms with Crippen molar-refractivity contribution in [2.24, 2.45) is 0 Å². The summed E-state index contributed by atoms with van der Waals surface area (Å²) in [4.78, 5) is 0. The van der Waals surface area contributed by atoms with E-state index in [4.69, 9.17) is 0 Å². The number of hydrogen-bond donors (Lipinski definition) is 0. The minimum absolute atomic E-state index is 1.29. The van der Waals surface area contributed by atoms with Gasteiger partial charge in [0.15, 0.2) is 0 Å². The topological polar surface area (TPSA) is 0 Å². The molecule has 0 aliphatic heterocycles. The molecule has 0 aromatic heterocycles. The third-order valence-corrected chi connectivity index (χ3v) is 4.30. The SMILES string of the molecule is Cc1cccc(-c2cc(C)c(-c3ccccc3C)c(C)c2)c1. The van der Waals surface area contributed by atoms with Gasteiger partial charge in [-0.3, -0.25) is 0 Å². The highest BCUT2D eigenvalue weighted by Gasteiger charge is 2.10. The molecule has 0 bridgehead atoms. The molecule has 0 N–H and O–H groups in total. The zero-order valence-electron chi connectivity index (χ0n) is 13.8. The lowest BCUT2D eigenvalue weighted by Crippen LogP contribution is -1.92. The fraction of sp³-hybridized carbons (Fsp3) is 0.182. The second-order valence-electron chi connectivity index (χ2n) is 6.17. The molecule has 0 aliphatic rings. The fourth-order valence-corrected chi connectivity index (χ4v) is 3.23. The van der Waals surface area contributed by atoms with Gasteiger partial charge < -0.3 is 0 Å². The van der Waals surface area contributed by atoms with Gasteiger partial charge in [-0.15, -0.1) is 0 Å². The van der Waals surface area contributed by atoms with Gasteiger partial charge in [-0.25, -0.2) is 0 Å². The van der Waals surface area contributed by atoms with Gasteiger partial charge in [-0.05, 0) is 66.6 Å². The summed E-state index contributed by atoms with van der Waals surface area (Å²) < 4.78 is 0. The maximum Gasteiger partial charge on any atom is -0.0122 e. The molecule has 0 fully saturated rings. The quantitative estimate of drug-likeness (QED) is 0.522. The number of aryl methyl sites for hydroxylation is 4. The minimum Gasteiger partial charge on any atom is -0.0620 e. The second kappa shape index (κ2) is 5.81. The third kappa shape index (κ3) is 2.69. The Morgan fingerprint density at radius 2 is 1.23 bits per heavy atom. The van der Waals surface area contributed by atoms with Gasteiger partial charge in [-0.2, -0.15) is 0 Å². The van der Waals surface area contributed by atoms with E-state index in [1.807, 2.05) is 0 Å². The minimum atomic E-state index is 1.29. The summed E-state index contributed by atoms with van der Waals surface area (Å²) >= 11 is 0. The molecule has 0 saturated carbocycles. The van der Waals surface area contributed by atoms with E-state index in [-0.39, 0.29) is 0 Å². The highest BCUT2D eigenvalue weighted by atomic mass is 14.1. The lowest BCUT2D eigenvalue weighted by Gasteiger charge is -2.15. The van der Waals surface area contributed by atoms with Crippen LogP contribution in [0.25, 0.3) is 22.3 Å². The first-order chi connectivity index (χ1) is 10.6. The molecule has 0 nitrogen and oxygen atoms in total. The first-order valence-electron chi connectivity index (χ1n) is 7.80. The number of hydrogen-bond acceptors (Lipinski definition) is 0. The molecule has 3 aromatic rings. The number of rotatable bonds is 2. The van der Waals surface area contributed by atoms with E-state index in [2.05, 4.69) is 88.4 Å². The van der Waals surface area contributed by atoms with Crippen LogP contribution in [-0.2, 0) is 0 Å². The van der Waals surface area contributed by atoms with Gasteiger partial charge in [-0.1, -0.05) is 66.2 Å². The van der Waals surface area contributed by atoms with Crippen LogP contribution >= 0.6 is 0 Å². The maximum absolute atomic E-state index is 2.31. The van der Waals surface area contributed by atoms with E-state index in [9.17, 15) is 0 Å². The van der Waals surface area contributed by atoms with Crippen LogP contribution in [0.1, 0.15) is 22.3 Å². The van der Waals surface area contributed by atoms with Crippen LogP contribution in [0.4, 0.5) is 0 Å². The van der Waals surface area contributed by atoms with Crippen molar-refractivity contribution in [3.05, 3.63) is 82.9 Å². The Morgan fingerprint density at radius 3 is 1.86 bits per heavy atom. The van der Waals surface area contributed by atoms with Crippen molar-refractivity contribution in [3.8, 4) is 22.3 Å². The summed E-state index contributed by atoms with van der Waals surface area (Å²) in [5, 5.41) is 0. The first-order valence-corrected chi connectivity index (χ1v) is 7.80. The smallest absolute Gasteiger partial charge is 0.0122 e. The van der Waals surface area contributed by atoms with E-state index in [1.54, 1.807) is 0 Å². The largest absolute Gasteiger partial charge is 0.0620 e. The Kier molecular flexibility index (Phi) is 3.85. The third-order valence-electron chi connectivity index (χ3n) is 4.30. The lowest BCUT2D eigenvalue weighted by molar-refractivity contribution is 1.35. The molecule has 0 unspecified atom stereocenters. The monoisotopic (exact) mass is 286 g/mol. The molecule has 0 heteroatoms. The zero-order valence-corrected chi connectivity index (χ0v) is 13.8. The van der Waals surface area contributed by atoms with Gasteiger partial charge in [0.05, 0.1) is 0 Å². The van der Waals surface area contributed by atoms with Crippen LogP contribution in [0.3, 0.4) is 0 Å². The molecule has 0 heterocycles. The van der Waals surface area contributed by atoms with Gasteiger partial charge in [0.1, 0.15) is 0 Å². The average molecular weight is 286 g/mol. The van der Waals surface area contributed by atoms with Crippen molar-refractivity contribution in [2.45, 2.75) is 27.7 Å². The van der Waals surface area contributed by atoms with Crippen molar-refractivity contribution in [2.75, 3.05) is 0 Å². The van der Waals surface area contributed by atoms with Crippen LogP contribution in [0.2, 0.25) is 0 Å². The molecular weight excluding hydrogens is 264 g/mol. The summed E-state index contributed by atoms with van der Waals surface area (Å²) in [6.07, 6.45) is 0. The molecule has 0 radical (unpaired) electrons. The van der Waals surface area contributed by atoms with Crippen molar-refractivity contribution in [1.29, 1.82) is 0 Å². The summed E-state index contributed by atoms with van der Waals surface area (Å²) in [5.41, 5.74) is 10.6. The molecule has 22 heavy (non-hydrogen) atoms. The highest BCUT2D eigenvalue weighted by molar-refractivity contribution is 5.78. The predicted octanol–water partition coefficient (Wildman–Crippen LogP) is 6.25. The van der Waals surface area contributed by atoms with Crippen LogP contribution in [0.15, 0.2) is 60.7 Å². The molecule has 0 atom stereocenters. The molecule has 0 spiro atoms. The molecule has 3 aromatic carbocycles. The molecular formula is C22H22. The van der Waals surface area contributed by atoms with Gasteiger partial charge in [0.2, 0.25) is 0 Å². The lowest BCUT2D eigenvalue weighted by atomic mass is 9.89. The summed E-state index contributed by atoms with van der Waals surface area (Å²) in [5.74, 6) is 0. The highest BCUT2D eigenvalue weighted by Crippen LogP contribution is 2.33. The Balaban J connectivity index is 2.16. The Labute approximate surface area is 133 Å². The Morgan fingerprint density at radius 1 is 0.545 bits per heavy atom. The van der Waals surface area contributed by atoms with Gasteiger partial charge >= 0.3 is 0 Å². The molecule has 0 amide bonds. The average Bonchev–Trinajstić information content (AvgIpc) is 2.48. The summed E-state index contributed by atoms with van der Waals surface area (Å²) in [6.45, 7) is 8.76. The predicted molar refractivity (Wildman–Crippen MR) is 96.3 cm³/mol. The van der Waals surface area contributed by atoms with Crippen molar-refractivity contribution in [1.82, 2.24) is 0 Å². The standard InChI is InChI=1S/C22H22/c1-15-8-7-10-19(12-15)20-13-17(3)22(18(4)14-20)21-11-6-5-9-16(21)2/h5-14H,1-4H3. The van der Waals surface area contributed by atoms with Crippen LogP contribution in [0, 0.1) is 27.7 Å². The van der Waals surface area contributed by atoms with Crippen molar-refractivity contribution < 1.29 is 0 Å². The number of benzene rings is 3. The van der Waals surface area contributed by atoms with Crippen LogP contribution in [-0.4, -0.2) is 0 Å². The van der Waals surface area contributed by atoms with Crippen LogP contribution in [0.5, 0.6) is 0 Å². The van der Waals surface area contributed by atoms with Crippen molar-refractivity contribution >= 4 is 0 Å². The van der Waals surface area contributed by atoms with Crippen LogP contribution < -0.4 is 0 Å². The van der Waals surface area contributed by atoms with E-state index >= 15 is 0 Å². The second-order valence-corrected chi connectivity index (χ2v) is 6.17. The molecule has 3 rings (SSSR count). The van der Waals surface area contributed by atoms with E-state index < -0.39 is 0 Å². The van der Waals surface area contributed by atoms with E-state index in [0.29, 0.717) is 0 Å². The van der Waals surface area contributed by atoms with E-state index in [1.165, 1.54) is 44.5 Å². The van der Waals surface area contributed by atoms with Gasteiger partial charge in [0, 0.05) is 0 Å². The summed E-state index contributed by atoms with van der Waals surface area (Å²) in [7, 11) is 0. The molecule has 110 valence electrons. The first kappa shape index (κ1) is 14.6. The van der Waals surface area contributed by atoms with Crippen molar-refractivity contribution in [3.63, 3.8) is 0 Å². The Hall–Kier alpha value is -2.34. The summed E-state index contributed by atoms with van der Waals surface area (Å²) in [6, 6.07) is 22.0. The molecule has 0 aliphatic carbocycles. The maximum atomic E-state index is 2.31. The van der Waals surface area contributed by atoms with Gasteiger partial charge in [0.25, 0.3) is 0 Å². The zero-order chi connectivity index (χ0) is 15.7. The fourth-order valence-electron chi connectivity index (χ4n) is 3.23. The molecule has 0 saturated heterocycles.